The molecule has 2 aromatic rings. The zero-order valence-electron chi connectivity index (χ0n) is 11.0. The molecule has 0 radical (unpaired) electrons. The van der Waals surface area contributed by atoms with Crippen LogP contribution in [0.1, 0.15) is 5.56 Å². The normalized spacial score (nSPS) is 10.5. The Balaban J connectivity index is 1.87. The number of aromatic nitrogens is 1. The number of amides is 1. The van der Waals surface area contributed by atoms with Crippen LogP contribution in [0.2, 0.25) is 0 Å². The van der Waals surface area contributed by atoms with Gasteiger partial charge >= 0.3 is 5.91 Å². The summed E-state index contributed by atoms with van der Waals surface area (Å²) >= 11 is 0. The molecule has 7 nitrogen and oxygen atoms in total. The summed E-state index contributed by atoms with van der Waals surface area (Å²) in [4.78, 5) is 21.6. The molecule has 0 bridgehead atoms. The number of carbonyl (C=O) groups excluding carboxylic acids is 1. The van der Waals surface area contributed by atoms with E-state index in [2.05, 4.69) is 10.5 Å². The Morgan fingerprint density at radius 1 is 1.24 bits per heavy atom. The second-order valence-corrected chi connectivity index (χ2v) is 4.19. The van der Waals surface area contributed by atoms with Crippen LogP contribution in [0.4, 0.5) is 5.69 Å². The van der Waals surface area contributed by atoms with Crippen molar-refractivity contribution in [3.63, 3.8) is 0 Å². The third-order valence-electron chi connectivity index (χ3n) is 2.61. The number of nitrogens with zero attached hydrogens (tertiary/aromatic N) is 3. The highest BCUT2D eigenvalue weighted by Crippen LogP contribution is 2.10. The van der Waals surface area contributed by atoms with Crippen molar-refractivity contribution in [1.29, 1.82) is 0 Å². The Bertz CT molecular complexity index is 654. The van der Waals surface area contributed by atoms with E-state index < -0.39 is 4.92 Å². The second-order valence-electron chi connectivity index (χ2n) is 4.19. The van der Waals surface area contributed by atoms with Gasteiger partial charge in [0.25, 0.3) is 5.69 Å². The first kappa shape index (κ1) is 14.3. The molecule has 0 aliphatic carbocycles. The molecule has 1 amide bonds. The number of carbonyl (C=O) groups is 1. The number of benzene rings is 1. The summed E-state index contributed by atoms with van der Waals surface area (Å²) in [5, 5.41) is 14.3. The van der Waals surface area contributed by atoms with Gasteiger partial charge in [-0.2, -0.15) is 9.67 Å². The quantitative estimate of drug-likeness (QED) is 0.385. The number of hydrogen-bond donors (Lipinski definition) is 1. The minimum atomic E-state index is -0.472. The third kappa shape index (κ3) is 4.50. The van der Waals surface area contributed by atoms with Gasteiger partial charge in [-0.05, 0) is 17.7 Å². The Kier molecular flexibility index (Phi) is 4.70. The molecule has 0 unspecified atom stereocenters. The maximum atomic E-state index is 11.6. The standard InChI is InChI=1S/C14H12N4O3/c19-14(11-17-8-2-1-3-9-17)16-15-10-12-4-6-13(7-5-12)18(20)21/h1-10H,11H2/p+1/b15-10+. The van der Waals surface area contributed by atoms with Crippen LogP contribution in [0, 0.1) is 10.1 Å². The molecular formula is C14H13N4O3+. The summed E-state index contributed by atoms with van der Waals surface area (Å²) in [6, 6.07) is 11.4. The van der Waals surface area contributed by atoms with E-state index in [-0.39, 0.29) is 18.1 Å². The lowest BCUT2D eigenvalue weighted by molar-refractivity contribution is -0.684. The predicted octanol–water partition coefficient (Wildman–Crippen LogP) is 1.03. The Labute approximate surface area is 120 Å². The summed E-state index contributed by atoms with van der Waals surface area (Å²) in [6.07, 6.45) is 4.98. The van der Waals surface area contributed by atoms with Crippen LogP contribution in [-0.4, -0.2) is 17.0 Å². The van der Waals surface area contributed by atoms with Crippen LogP contribution < -0.4 is 9.99 Å². The largest absolute Gasteiger partial charge is 0.305 e. The molecule has 1 aromatic carbocycles. The number of pyridine rings is 1. The number of rotatable bonds is 5. The second kappa shape index (κ2) is 6.90. The summed E-state index contributed by atoms with van der Waals surface area (Å²) in [5.74, 6) is -0.260. The van der Waals surface area contributed by atoms with Gasteiger partial charge in [-0.15, -0.1) is 0 Å². The highest BCUT2D eigenvalue weighted by molar-refractivity contribution is 5.82. The van der Waals surface area contributed by atoms with Crippen LogP contribution in [-0.2, 0) is 11.3 Å². The Morgan fingerprint density at radius 3 is 2.52 bits per heavy atom. The van der Waals surface area contributed by atoms with E-state index in [9.17, 15) is 14.9 Å². The van der Waals surface area contributed by atoms with Crippen molar-refractivity contribution in [2.24, 2.45) is 5.10 Å². The fraction of sp³-hybridized carbons (Fsp3) is 0.0714. The minimum absolute atomic E-state index is 0.0108. The summed E-state index contributed by atoms with van der Waals surface area (Å²) in [5.41, 5.74) is 3.06. The van der Waals surface area contributed by atoms with Crippen molar-refractivity contribution in [2.45, 2.75) is 6.54 Å². The number of hydrogen-bond acceptors (Lipinski definition) is 4. The smallest absolute Gasteiger partial charge is 0.266 e. The van der Waals surface area contributed by atoms with Gasteiger partial charge in [0.2, 0.25) is 6.54 Å². The molecule has 1 heterocycles. The lowest BCUT2D eigenvalue weighted by Gasteiger charge is -1.96. The van der Waals surface area contributed by atoms with Crippen molar-refractivity contribution in [1.82, 2.24) is 5.43 Å². The lowest BCUT2D eigenvalue weighted by Crippen LogP contribution is -2.40. The monoisotopic (exact) mass is 285 g/mol. The zero-order valence-corrected chi connectivity index (χ0v) is 11.0. The van der Waals surface area contributed by atoms with E-state index in [4.69, 9.17) is 0 Å². The first-order chi connectivity index (χ1) is 10.1. The van der Waals surface area contributed by atoms with Crippen LogP contribution >= 0.6 is 0 Å². The molecule has 0 fully saturated rings. The molecule has 106 valence electrons. The van der Waals surface area contributed by atoms with Crippen LogP contribution in [0.15, 0.2) is 60.0 Å². The number of non-ortho nitro benzene ring substituents is 1. The van der Waals surface area contributed by atoms with Crippen molar-refractivity contribution in [2.75, 3.05) is 0 Å². The number of hydrazone groups is 1. The zero-order chi connectivity index (χ0) is 15.1. The van der Waals surface area contributed by atoms with Crippen LogP contribution in [0.3, 0.4) is 0 Å². The molecule has 1 N–H and O–H groups in total. The predicted molar refractivity (Wildman–Crippen MR) is 75.5 cm³/mol. The van der Waals surface area contributed by atoms with Gasteiger partial charge in [0.1, 0.15) is 0 Å². The average Bonchev–Trinajstić information content (AvgIpc) is 2.49. The van der Waals surface area contributed by atoms with E-state index in [1.807, 2.05) is 18.2 Å². The SMILES string of the molecule is O=C(C[n+]1ccccc1)N/N=C/c1ccc([N+](=O)[O-])cc1. The van der Waals surface area contributed by atoms with Crippen LogP contribution in [0.25, 0.3) is 0 Å². The van der Waals surface area contributed by atoms with E-state index in [0.29, 0.717) is 5.56 Å². The summed E-state index contributed by atoms with van der Waals surface area (Å²) < 4.78 is 1.72. The van der Waals surface area contributed by atoms with Gasteiger partial charge in [-0.3, -0.25) is 14.9 Å². The van der Waals surface area contributed by atoms with E-state index in [1.54, 1.807) is 29.1 Å². The number of nitrogens with one attached hydrogen (secondary N) is 1. The molecule has 0 aliphatic rings. The fourth-order valence-corrected chi connectivity index (χ4v) is 1.60. The molecule has 21 heavy (non-hydrogen) atoms. The average molecular weight is 285 g/mol. The number of nitro groups is 1. The van der Waals surface area contributed by atoms with Crippen molar-refractivity contribution in [3.8, 4) is 0 Å². The van der Waals surface area contributed by atoms with Crippen molar-refractivity contribution in [3.05, 3.63) is 70.5 Å². The fourth-order valence-electron chi connectivity index (χ4n) is 1.60. The molecule has 0 aliphatic heterocycles. The summed E-state index contributed by atoms with van der Waals surface area (Å²) in [6.45, 7) is 0.165. The highest BCUT2D eigenvalue weighted by atomic mass is 16.6. The number of nitro benzene ring substituents is 1. The maximum absolute atomic E-state index is 11.6. The van der Waals surface area contributed by atoms with Crippen LogP contribution in [0.5, 0.6) is 0 Å². The molecule has 1 aromatic heterocycles. The lowest BCUT2D eigenvalue weighted by atomic mass is 10.2. The maximum Gasteiger partial charge on any atom is 0.305 e. The summed E-state index contributed by atoms with van der Waals surface area (Å²) in [7, 11) is 0. The topological polar surface area (TPSA) is 88.5 Å². The van der Waals surface area contributed by atoms with Gasteiger partial charge in [0.15, 0.2) is 12.4 Å². The van der Waals surface area contributed by atoms with Crippen molar-refractivity contribution < 1.29 is 14.3 Å². The molecule has 0 spiro atoms. The van der Waals surface area contributed by atoms with Crippen molar-refractivity contribution >= 4 is 17.8 Å². The van der Waals surface area contributed by atoms with E-state index in [1.165, 1.54) is 18.3 Å². The highest BCUT2D eigenvalue weighted by Gasteiger charge is 2.06. The molecular weight excluding hydrogens is 272 g/mol. The van der Waals surface area contributed by atoms with E-state index in [0.717, 1.165) is 0 Å². The molecule has 2 rings (SSSR count). The van der Waals surface area contributed by atoms with Gasteiger partial charge in [0.05, 0.1) is 11.1 Å². The minimum Gasteiger partial charge on any atom is -0.266 e. The molecule has 0 saturated heterocycles. The first-order valence-corrected chi connectivity index (χ1v) is 6.15. The molecule has 0 saturated carbocycles. The Morgan fingerprint density at radius 2 is 1.90 bits per heavy atom. The van der Waals surface area contributed by atoms with E-state index >= 15 is 0 Å². The van der Waals surface area contributed by atoms with Gasteiger partial charge in [-0.25, -0.2) is 5.43 Å². The third-order valence-corrected chi connectivity index (χ3v) is 2.61. The first-order valence-electron chi connectivity index (χ1n) is 6.15. The molecule has 7 heteroatoms. The van der Waals surface area contributed by atoms with Gasteiger partial charge in [0, 0.05) is 24.3 Å². The van der Waals surface area contributed by atoms with Gasteiger partial charge in [-0.1, -0.05) is 6.07 Å². The Hall–Kier alpha value is -3.09. The van der Waals surface area contributed by atoms with Gasteiger partial charge < -0.3 is 0 Å². The molecule has 0 atom stereocenters.